The summed E-state index contributed by atoms with van der Waals surface area (Å²) >= 11 is 0. The number of anilines is 3. The molecule has 34 heavy (non-hydrogen) atoms. The van der Waals surface area contributed by atoms with Gasteiger partial charge in [0.15, 0.2) is 0 Å². The molecule has 0 saturated heterocycles. The lowest BCUT2D eigenvalue weighted by Gasteiger charge is -2.28. The molecule has 1 heteroatoms. The van der Waals surface area contributed by atoms with Crippen molar-refractivity contribution in [3.05, 3.63) is 127 Å². The zero-order valence-electron chi connectivity index (χ0n) is 19.0. The maximum atomic E-state index is 2.42. The van der Waals surface area contributed by atoms with Gasteiger partial charge in [-0.3, -0.25) is 0 Å². The van der Waals surface area contributed by atoms with Crippen molar-refractivity contribution in [2.24, 2.45) is 0 Å². The van der Waals surface area contributed by atoms with Crippen molar-refractivity contribution in [3.8, 4) is 0 Å². The quantitative estimate of drug-likeness (QED) is 0.251. The van der Waals surface area contributed by atoms with Crippen LogP contribution in [0.5, 0.6) is 0 Å². The van der Waals surface area contributed by atoms with Gasteiger partial charge in [-0.1, -0.05) is 97.1 Å². The molecule has 0 bridgehead atoms. The molecule has 7 aromatic carbocycles. The number of para-hydroxylation sites is 1. The van der Waals surface area contributed by atoms with Crippen LogP contribution in [0.25, 0.3) is 43.1 Å². The molecule has 0 spiro atoms. The Bertz CT molecular complexity index is 1810. The number of fused-ring (bicyclic) bond motifs is 1. The van der Waals surface area contributed by atoms with E-state index in [-0.39, 0.29) is 0 Å². The Morgan fingerprint density at radius 3 is 1.88 bits per heavy atom. The predicted molar refractivity (Wildman–Crippen MR) is 147 cm³/mol. The number of nitrogens with zero attached hydrogens (tertiary/aromatic N) is 1. The highest BCUT2D eigenvalue weighted by molar-refractivity contribution is 6.26. The van der Waals surface area contributed by atoms with Gasteiger partial charge in [0.2, 0.25) is 0 Å². The third-order valence-corrected chi connectivity index (χ3v) is 7.12. The Kier molecular flexibility index (Phi) is 4.13. The standard InChI is InChI=1S/C33H23N/c1-22-14-15-24-17-20-29-31(21-18-25-16-19-27(22)32(24)33(25)29)34(26-10-3-2-4-11-26)30-13-7-9-23-8-5-6-12-28(23)30/h2-21H,1H3. The Morgan fingerprint density at radius 2 is 1.03 bits per heavy atom. The smallest absolute Gasteiger partial charge is 0.0540 e. The summed E-state index contributed by atoms with van der Waals surface area (Å²) in [5.41, 5.74) is 4.87. The Hall–Kier alpha value is -4.36. The molecule has 0 atom stereocenters. The van der Waals surface area contributed by atoms with E-state index in [0.717, 1.165) is 5.69 Å². The first-order chi connectivity index (χ1) is 16.8. The first kappa shape index (κ1) is 19.1. The first-order valence-corrected chi connectivity index (χ1v) is 11.8. The summed E-state index contributed by atoms with van der Waals surface area (Å²) in [5, 5.41) is 10.4. The van der Waals surface area contributed by atoms with Crippen molar-refractivity contribution < 1.29 is 0 Å². The van der Waals surface area contributed by atoms with Crippen molar-refractivity contribution >= 4 is 60.2 Å². The predicted octanol–water partition coefficient (Wildman–Crippen LogP) is 9.52. The van der Waals surface area contributed by atoms with Crippen molar-refractivity contribution in [1.29, 1.82) is 0 Å². The highest BCUT2D eigenvalue weighted by Crippen LogP contribution is 2.45. The molecule has 0 aliphatic carbocycles. The fourth-order valence-corrected chi connectivity index (χ4v) is 5.51. The minimum atomic E-state index is 1.16. The minimum absolute atomic E-state index is 1.16. The number of rotatable bonds is 3. The fraction of sp³-hybridized carbons (Fsp3) is 0.0303. The minimum Gasteiger partial charge on any atom is -0.309 e. The van der Waals surface area contributed by atoms with Crippen molar-refractivity contribution in [1.82, 2.24) is 0 Å². The summed E-state index contributed by atoms with van der Waals surface area (Å²) in [7, 11) is 0. The van der Waals surface area contributed by atoms with Gasteiger partial charge < -0.3 is 4.90 Å². The lowest BCUT2D eigenvalue weighted by atomic mass is 9.91. The molecule has 0 radical (unpaired) electrons. The summed E-state index contributed by atoms with van der Waals surface area (Å²) < 4.78 is 0. The molecule has 0 amide bonds. The zero-order valence-corrected chi connectivity index (χ0v) is 19.0. The van der Waals surface area contributed by atoms with Crippen LogP contribution >= 0.6 is 0 Å². The van der Waals surface area contributed by atoms with Gasteiger partial charge >= 0.3 is 0 Å². The van der Waals surface area contributed by atoms with E-state index in [2.05, 4.69) is 133 Å². The average Bonchev–Trinajstić information content (AvgIpc) is 2.90. The molecule has 0 heterocycles. The number of hydrogen-bond donors (Lipinski definition) is 0. The fourth-order valence-electron chi connectivity index (χ4n) is 5.51. The van der Waals surface area contributed by atoms with Gasteiger partial charge in [0.05, 0.1) is 11.4 Å². The molecule has 7 rings (SSSR count). The lowest BCUT2D eigenvalue weighted by molar-refractivity contribution is 1.31. The SMILES string of the molecule is Cc1ccc2ccc3c(N(c4ccccc4)c4cccc5ccccc45)ccc4ccc1c2c43. The van der Waals surface area contributed by atoms with Gasteiger partial charge in [-0.15, -0.1) is 0 Å². The lowest BCUT2D eigenvalue weighted by Crippen LogP contribution is -2.11. The average molecular weight is 434 g/mol. The summed E-state index contributed by atoms with van der Waals surface area (Å²) in [6.45, 7) is 2.21. The van der Waals surface area contributed by atoms with Gasteiger partial charge in [-0.2, -0.15) is 0 Å². The van der Waals surface area contributed by atoms with E-state index in [4.69, 9.17) is 0 Å². The van der Waals surface area contributed by atoms with Crippen LogP contribution in [-0.4, -0.2) is 0 Å². The van der Waals surface area contributed by atoms with E-state index < -0.39 is 0 Å². The summed E-state index contributed by atoms with van der Waals surface area (Å²) in [5.74, 6) is 0. The maximum absolute atomic E-state index is 2.42. The summed E-state index contributed by atoms with van der Waals surface area (Å²) in [6.07, 6.45) is 0. The van der Waals surface area contributed by atoms with Gasteiger partial charge in [0.25, 0.3) is 0 Å². The van der Waals surface area contributed by atoms with Crippen LogP contribution < -0.4 is 4.90 Å². The van der Waals surface area contributed by atoms with Crippen molar-refractivity contribution in [3.63, 3.8) is 0 Å². The van der Waals surface area contributed by atoms with E-state index in [1.165, 1.54) is 60.0 Å². The monoisotopic (exact) mass is 433 g/mol. The molecule has 0 aliphatic heterocycles. The molecule has 0 saturated carbocycles. The van der Waals surface area contributed by atoms with E-state index in [0.29, 0.717) is 0 Å². The Labute approximate surface area is 198 Å². The van der Waals surface area contributed by atoms with Crippen LogP contribution in [0.15, 0.2) is 121 Å². The van der Waals surface area contributed by atoms with E-state index in [9.17, 15) is 0 Å². The summed E-state index contributed by atoms with van der Waals surface area (Å²) in [4.78, 5) is 2.42. The number of aryl methyl sites for hydroxylation is 1. The second kappa shape index (κ2) is 7.33. The highest BCUT2D eigenvalue weighted by atomic mass is 15.1. The van der Waals surface area contributed by atoms with Crippen LogP contribution in [0, 0.1) is 6.92 Å². The molecule has 0 aliphatic rings. The number of benzene rings is 7. The van der Waals surface area contributed by atoms with Gasteiger partial charge in [-0.05, 0) is 69.1 Å². The Balaban J connectivity index is 1.62. The van der Waals surface area contributed by atoms with Gasteiger partial charge in [0, 0.05) is 16.5 Å². The van der Waals surface area contributed by atoms with E-state index in [1.54, 1.807) is 0 Å². The van der Waals surface area contributed by atoms with Gasteiger partial charge in [0.1, 0.15) is 0 Å². The molecular weight excluding hydrogens is 410 g/mol. The molecule has 0 unspecified atom stereocenters. The third kappa shape index (κ3) is 2.74. The number of hydrogen-bond acceptors (Lipinski definition) is 1. The van der Waals surface area contributed by atoms with Crippen molar-refractivity contribution in [2.75, 3.05) is 4.90 Å². The second-order valence-electron chi connectivity index (χ2n) is 9.06. The molecule has 1 nitrogen and oxygen atoms in total. The normalized spacial score (nSPS) is 11.7. The second-order valence-corrected chi connectivity index (χ2v) is 9.06. The first-order valence-electron chi connectivity index (χ1n) is 11.8. The third-order valence-electron chi connectivity index (χ3n) is 7.12. The maximum Gasteiger partial charge on any atom is 0.0540 e. The molecule has 160 valence electrons. The van der Waals surface area contributed by atoms with Gasteiger partial charge in [-0.25, -0.2) is 0 Å². The largest absolute Gasteiger partial charge is 0.309 e. The topological polar surface area (TPSA) is 3.24 Å². The molecule has 7 aromatic rings. The molecule has 0 aromatic heterocycles. The van der Waals surface area contributed by atoms with Crippen LogP contribution in [0.3, 0.4) is 0 Å². The zero-order chi connectivity index (χ0) is 22.6. The van der Waals surface area contributed by atoms with Crippen molar-refractivity contribution in [2.45, 2.75) is 6.92 Å². The van der Waals surface area contributed by atoms with E-state index in [1.807, 2.05) is 0 Å². The summed E-state index contributed by atoms with van der Waals surface area (Å²) in [6, 6.07) is 44.1. The van der Waals surface area contributed by atoms with Crippen LogP contribution in [-0.2, 0) is 0 Å². The molecule has 0 N–H and O–H groups in total. The highest BCUT2D eigenvalue weighted by Gasteiger charge is 2.19. The van der Waals surface area contributed by atoms with Crippen LogP contribution in [0.4, 0.5) is 17.1 Å². The Morgan fingerprint density at radius 1 is 0.412 bits per heavy atom. The van der Waals surface area contributed by atoms with Crippen LogP contribution in [0.1, 0.15) is 5.56 Å². The molecule has 0 fully saturated rings. The van der Waals surface area contributed by atoms with E-state index >= 15 is 0 Å². The molecular formula is C33H23N. The van der Waals surface area contributed by atoms with Crippen LogP contribution in [0.2, 0.25) is 0 Å².